The first-order chi connectivity index (χ1) is 16.1. The Morgan fingerprint density at radius 2 is 1.73 bits per heavy atom. The molecular formula is C25H22N6O2. The van der Waals surface area contributed by atoms with E-state index in [1.165, 1.54) is 6.92 Å². The number of methoxy groups -OCH3 is 1. The third-order valence-corrected chi connectivity index (χ3v) is 5.25. The standard InChI is InChI=1S/C25H22N6O2/c1-16(32)27-24-28-19-12-6-7-13-20(19)31(24)25-29-22-18(11-8-14-21(22)33-2)23(30-25)26-15-17-9-4-3-5-10-17/h3-14H,15H2,1-2H3,(H,26,29,30)(H,27,28,32). The smallest absolute Gasteiger partial charge is 0.239 e. The molecule has 0 bridgehead atoms. The predicted molar refractivity (Wildman–Crippen MR) is 129 cm³/mol. The predicted octanol–water partition coefficient (Wildman–Crippen LogP) is 4.55. The molecule has 3 aromatic carbocycles. The Labute approximate surface area is 190 Å². The van der Waals surface area contributed by atoms with Gasteiger partial charge in [0, 0.05) is 18.9 Å². The average molecular weight is 438 g/mol. The topological polar surface area (TPSA) is 94.0 Å². The van der Waals surface area contributed by atoms with Crippen LogP contribution in [0.1, 0.15) is 12.5 Å². The lowest BCUT2D eigenvalue weighted by Crippen LogP contribution is -2.14. The molecule has 5 rings (SSSR count). The van der Waals surface area contributed by atoms with E-state index in [0.717, 1.165) is 22.0 Å². The normalized spacial score (nSPS) is 11.0. The molecular weight excluding hydrogens is 416 g/mol. The maximum Gasteiger partial charge on any atom is 0.239 e. The van der Waals surface area contributed by atoms with E-state index < -0.39 is 0 Å². The fourth-order valence-electron chi connectivity index (χ4n) is 3.76. The van der Waals surface area contributed by atoms with E-state index in [1.54, 1.807) is 11.7 Å². The summed E-state index contributed by atoms with van der Waals surface area (Å²) in [6, 6.07) is 23.4. The summed E-state index contributed by atoms with van der Waals surface area (Å²) in [5.41, 5.74) is 3.29. The molecule has 2 N–H and O–H groups in total. The van der Waals surface area contributed by atoms with Crippen molar-refractivity contribution >= 4 is 39.6 Å². The number of imidazole rings is 1. The second-order valence-electron chi connectivity index (χ2n) is 7.51. The van der Waals surface area contributed by atoms with Crippen molar-refractivity contribution in [2.75, 3.05) is 17.7 Å². The maximum atomic E-state index is 11.9. The highest BCUT2D eigenvalue weighted by molar-refractivity contribution is 5.95. The van der Waals surface area contributed by atoms with Gasteiger partial charge in [-0.05, 0) is 29.8 Å². The minimum atomic E-state index is -0.229. The Morgan fingerprint density at radius 3 is 2.52 bits per heavy atom. The number of para-hydroxylation sites is 3. The van der Waals surface area contributed by atoms with E-state index >= 15 is 0 Å². The maximum absolute atomic E-state index is 11.9. The van der Waals surface area contributed by atoms with Crippen molar-refractivity contribution in [1.29, 1.82) is 0 Å². The molecule has 0 radical (unpaired) electrons. The molecule has 33 heavy (non-hydrogen) atoms. The number of hydrogen-bond donors (Lipinski definition) is 2. The van der Waals surface area contributed by atoms with Gasteiger partial charge in [0.05, 0.1) is 18.1 Å². The number of nitrogens with one attached hydrogen (secondary N) is 2. The second kappa shape index (κ2) is 8.58. The number of aromatic nitrogens is 4. The van der Waals surface area contributed by atoms with Crippen LogP contribution in [0.2, 0.25) is 0 Å². The number of fused-ring (bicyclic) bond motifs is 2. The van der Waals surface area contributed by atoms with E-state index in [9.17, 15) is 4.79 Å². The van der Waals surface area contributed by atoms with Gasteiger partial charge in [-0.15, -0.1) is 0 Å². The minimum Gasteiger partial charge on any atom is -0.494 e. The first kappa shape index (κ1) is 20.4. The lowest BCUT2D eigenvalue weighted by Gasteiger charge is -2.14. The van der Waals surface area contributed by atoms with Crippen molar-refractivity contribution in [2.45, 2.75) is 13.5 Å². The van der Waals surface area contributed by atoms with Crippen LogP contribution in [0.25, 0.3) is 27.9 Å². The lowest BCUT2D eigenvalue weighted by molar-refractivity contribution is -0.114. The van der Waals surface area contributed by atoms with Crippen LogP contribution in [0.5, 0.6) is 5.75 Å². The molecule has 2 heterocycles. The van der Waals surface area contributed by atoms with Crippen molar-refractivity contribution in [3.63, 3.8) is 0 Å². The van der Waals surface area contributed by atoms with Crippen molar-refractivity contribution in [3.05, 3.63) is 78.4 Å². The second-order valence-corrected chi connectivity index (χ2v) is 7.51. The van der Waals surface area contributed by atoms with E-state index in [0.29, 0.717) is 35.5 Å². The van der Waals surface area contributed by atoms with Gasteiger partial charge in [-0.3, -0.25) is 10.1 Å². The van der Waals surface area contributed by atoms with Crippen LogP contribution in [-0.2, 0) is 11.3 Å². The Hall–Kier alpha value is -4.46. The molecule has 2 aromatic heterocycles. The van der Waals surface area contributed by atoms with Gasteiger partial charge in [0.1, 0.15) is 17.1 Å². The fraction of sp³-hybridized carbons (Fsp3) is 0.120. The Kier molecular flexibility index (Phi) is 5.32. The van der Waals surface area contributed by atoms with Crippen LogP contribution >= 0.6 is 0 Å². The van der Waals surface area contributed by atoms with Crippen LogP contribution in [0.15, 0.2) is 72.8 Å². The number of anilines is 2. The van der Waals surface area contributed by atoms with Gasteiger partial charge < -0.3 is 10.1 Å². The van der Waals surface area contributed by atoms with Gasteiger partial charge in [0.15, 0.2) is 0 Å². The van der Waals surface area contributed by atoms with E-state index in [2.05, 4.69) is 27.8 Å². The number of carbonyl (C=O) groups excluding carboxylic acids is 1. The molecule has 0 unspecified atom stereocenters. The Bertz CT molecular complexity index is 1460. The summed E-state index contributed by atoms with van der Waals surface area (Å²) in [5.74, 6) is 1.79. The van der Waals surface area contributed by atoms with Gasteiger partial charge in [-0.2, -0.15) is 4.98 Å². The first-order valence-electron chi connectivity index (χ1n) is 10.5. The number of carbonyl (C=O) groups is 1. The van der Waals surface area contributed by atoms with Gasteiger partial charge in [-0.25, -0.2) is 14.5 Å². The van der Waals surface area contributed by atoms with Gasteiger partial charge >= 0.3 is 0 Å². The molecule has 0 saturated heterocycles. The zero-order chi connectivity index (χ0) is 22.8. The largest absolute Gasteiger partial charge is 0.494 e. The molecule has 8 nitrogen and oxygen atoms in total. The lowest BCUT2D eigenvalue weighted by atomic mass is 10.2. The fourth-order valence-corrected chi connectivity index (χ4v) is 3.76. The molecule has 0 atom stereocenters. The molecule has 164 valence electrons. The number of amides is 1. The SMILES string of the molecule is COc1cccc2c(NCc3ccccc3)nc(-n3c(NC(C)=O)nc4ccccc43)nc12. The summed E-state index contributed by atoms with van der Waals surface area (Å²) < 4.78 is 7.33. The highest BCUT2D eigenvalue weighted by atomic mass is 16.5. The van der Waals surface area contributed by atoms with Gasteiger partial charge in [-0.1, -0.05) is 48.5 Å². The quantitative estimate of drug-likeness (QED) is 0.404. The highest BCUT2D eigenvalue weighted by Gasteiger charge is 2.19. The molecule has 0 fully saturated rings. The van der Waals surface area contributed by atoms with Crippen molar-refractivity contribution < 1.29 is 9.53 Å². The van der Waals surface area contributed by atoms with Crippen LogP contribution < -0.4 is 15.4 Å². The number of nitrogens with zero attached hydrogens (tertiary/aromatic N) is 4. The molecule has 0 aliphatic rings. The van der Waals surface area contributed by atoms with Crippen molar-refractivity contribution in [3.8, 4) is 11.7 Å². The van der Waals surface area contributed by atoms with Crippen LogP contribution in [0.3, 0.4) is 0 Å². The number of ether oxygens (including phenoxy) is 1. The monoisotopic (exact) mass is 438 g/mol. The van der Waals surface area contributed by atoms with Gasteiger partial charge in [0.25, 0.3) is 0 Å². The third kappa shape index (κ3) is 3.94. The van der Waals surface area contributed by atoms with Gasteiger partial charge in [0.2, 0.25) is 17.8 Å². The summed E-state index contributed by atoms with van der Waals surface area (Å²) in [4.78, 5) is 26.1. The summed E-state index contributed by atoms with van der Waals surface area (Å²) in [5, 5.41) is 7.07. The van der Waals surface area contributed by atoms with Crippen molar-refractivity contribution in [1.82, 2.24) is 19.5 Å². The molecule has 0 saturated carbocycles. The van der Waals surface area contributed by atoms with Crippen LogP contribution in [-0.4, -0.2) is 32.5 Å². The first-order valence-corrected chi connectivity index (χ1v) is 10.5. The number of hydrogen-bond acceptors (Lipinski definition) is 6. The summed E-state index contributed by atoms with van der Waals surface area (Å²) in [6.45, 7) is 2.04. The molecule has 5 aromatic rings. The molecule has 0 aliphatic carbocycles. The Morgan fingerprint density at radius 1 is 0.939 bits per heavy atom. The molecule has 0 spiro atoms. The third-order valence-electron chi connectivity index (χ3n) is 5.25. The van der Waals surface area contributed by atoms with Crippen molar-refractivity contribution in [2.24, 2.45) is 0 Å². The Balaban J connectivity index is 1.71. The van der Waals surface area contributed by atoms with Crippen LogP contribution in [0.4, 0.5) is 11.8 Å². The van der Waals surface area contributed by atoms with E-state index in [-0.39, 0.29) is 5.91 Å². The molecule has 8 heteroatoms. The zero-order valence-electron chi connectivity index (χ0n) is 18.2. The van der Waals surface area contributed by atoms with E-state index in [1.807, 2.05) is 60.7 Å². The summed E-state index contributed by atoms with van der Waals surface area (Å²) in [6.07, 6.45) is 0. The number of benzene rings is 3. The minimum absolute atomic E-state index is 0.229. The number of rotatable bonds is 6. The molecule has 1 amide bonds. The molecule has 0 aliphatic heterocycles. The van der Waals surface area contributed by atoms with E-state index in [4.69, 9.17) is 14.7 Å². The summed E-state index contributed by atoms with van der Waals surface area (Å²) >= 11 is 0. The summed E-state index contributed by atoms with van der Waals surface area (Å²) in [7, 11) is 1.61. The van der Waals surface area contributed by atoms with Crippen LogP contribution in [0, 0.1) is 0 Å². The zero-order valence-corrected chi connectivity index (χ0v) is 18.2. The highest BCUT2D eigenvalue weighted by Crippen LogP contribution is 2.31. The average Bonchev–Trinajstić information content (AvgIpc) is 3.19.